The van der Waals surface area contributed by atoms with Crippen molar-refractivity contribution in [2.75, 3.05) is 0 Å². The molecule has 1 saturated heterocycles. The van der Waals surface area contributed by atoms with Crippen LogP contribution in [0.2, 0.25) is 0 Å². The van der Waals surface area contributed by atoms with Crippen LogP contribution < -0.4 is 0 Å². The SMILES string of the molecule is C=C[C@@]1(C)CC(=O)[C@]2(O)[C@@]3(C)[C@@H](OC(C)=O)CCC(C)(C)[C@@H]3[C@H](OC(C)=O)[C@H](O)[C@@]2(C)O1. The Hall–Kier alpha value is -1.77. The highest BCUT2D eigenvalue weighted by Crippen LogP contribution is 2.67. The highest BCUT2D eigenvalue weighted by molar-refractivity contribution is 5.92. The zero-order valence-electron chi connectivity index (χ0n) is 20.1. The van der Waals surface area contributed by atoms with Crippen LogP contribution in [0.15, 0.2) is 12.7 Å². The smallest absolute Gasteiger partial charge is 0.303 e. The molecule has 3 aliphatic rings. The molecule has 32 heavy (non-hydrogen) atoms. The summed E-state index contributed by atoms with van der Waals surface area (Å²) >= 11 is 0. The fourth-order valence-electron chi connectivity index (χ4n) is 6.96. The first-order valence-corrected chi connectivity index (χ1v) is 11.1. The van der Waals surface area contributed by atoms with Crippen molar-refractivity contribution in [3.05, 3.63) is 12.7 Å². The molecule has 2 N–H and O–H groups in total. The number of Topliss-reactive ketones (excluding diaryl/α,β-unsaturated/α-hetero) is 1. The molecule has 3 rings (SSSR count). The summed E-state index contributed by atoms with van der Waals surface area (Å²) in [5.74, 6) is -2.39. The molecule has 2 saturated carbocycles. The van der Waals surface area contributed by atoms with Gasteiger partial charge in [-0.2, -0.15) is 0 Å². The number of ketones is 1. The van der Waals surface area contributed by atoms with E-state index < -0.39 is 69.6 Å². The van der Waals surface area contributed by atoms with Crippen LogP contribution in [-0.4, -0.2) is 63.0 Å². The predicted octanol–water partition coefficient (Wildman–Crippen LogP) is 2.09. The number of hydrogen-bond acceptors (Lipinski definition) is 8. The first-order valence-electron chi connectivity index (χ1n) is 11.1. The lowest BCUT2D eigenvalue weighted by Crippen LogP contribution is -2.86. The number of ether oxygens (including phenoxy) is 3. The number of hydrogen-bond donors (Lipinski definition) is 2. The van der Waals surface area contributed by atoms with Crippen LogP contribution in [-0.2, 0) is 28.6 Å². The Kier molecular flexibility index (Phi) is 5.72. The van der Waals surface area contributed by atoms with E-state index in [1.54, 1.807) is 13.8 Å². The van der Waals surface area contributed by atoms with E-state index in [9.17, 15) is 24.6 Å². The van der Waals surface area contributed by atoms with Gasteiger partial charge in [0.05, 0.1) is 11.0 Å². The monoisotopic (exact) mass is 452 g/mol. The summed E-state index contributed by atoms with van der Waals surface area (Å²) in [5.41, 5.74) is -7.20. The van der Waals surface area contributed by atoms with Crippen molar-refractivity contribution >= 4 is 17.7 Å². The Morgan fingerprint density at radius 1 is 1.12 bits per heavy atom. The van der Waals surface area contributed by atoms with E-state index in [-0.39, 0.29) is 6.42 Å². The van der Waals surface area contributed by atoms with Gasteiger partial charge < -0.3 is 24.4 Å². The molecule has 0 aromatic carbocycles. The summed E-state index contributed by atoms with van der Waals surface area (Å²) in [7, 11) is 0. The van der Waals surface area contributed by atoms with Gasteiger partial charge in [-0.05, 0) is 32.1 Å². The number of esters is 2. The van der Waals surface area contributed by atoms with E-state index in [1.807, 2.05) is 13.8 Å². The molecular formula is C24H36O8. The molecule has 0 unspecified atom stereocenters. The summed E-state index contributed by atoms with van der Waals surface area (Å²) in [5, 5.41) is 23.9. The summed E-state index contributed by atoms with van der Waals surface area (Å²) in [6.45, 7) is 15.0. The van der Waals surface area contributed by atoms with Crippen molar-refractivity contribution in [3.8, 4) is 0 Å². The Balaban J connectivity index is 2.35. The Morgan fingerprint density at radius 2 is 1.69 bits per heavy atom. The minimum atomic E-state index is -2.22. The normalized spacial score (nSPS) is 47.6. The van der Waals surface area contributed by atoms with Gasteiger partial charge in [-0.1, -0.05) is 26.8 Å². The summed E-state index contributed by atoms with van der Waals surface area (Å²) in [6, 6.07) is 0. The van der Waals surface area contributed by atoms with Crippen molar-refractivity contribution in [2.45, 2.75) is 103 Å². The van der Waals surface area contributed by atoms with E-state index >= 15 is 0 Å². The van der Waals surface area contributed by atoms with E-state index in [1.165, 1.54) is 26.8 Å². The second kappa shape index (κ2) is 7.37. The number of carbonyl (C=O) groups is 3. The number of aliphatic hydroxyl groups excluding tert-OH is 1. The first-order chi connectivity index (χ1) is 14.5. The van der Waals surface area contributed by atoms with Crippen LogP contribution in [0, 0.1) is 16.7 Å². The van der Waals surface area contributed by atoms with Crippen molar-refractivity contribution in [1.29, 1.82) is 0 Å². The van der Waals surface area contributed by atoms with Gasteiger partial charge in [-0.25, -0.2) is 0 Å². The number of fused-ring (bicyclic) bond motifs is 3. The van der Waals surface area contributed by atoms with E-state index in [0.29, 0.717) is 12.8 Å². The van der Waals surface area contributed by atoms with Gasteiger partial charge in [0.25, 0.3) is 0 Å². The molecule has 1 aliphatic heterocycles. The summed E-state index contributed by atoms with van der Waals surface area (Å²) < 4.78 is 17.6. The Morgan fingerprint density at radius 3 is 2.19 bits per heavy atom. The quantitative estimate of drug-likeness (QED) is 0.493. The second-order valence-corrected chi connectivity index (χ2v) is 10.9. The highest BCUT2D eigenvalue weighted by atomic mass is 16.6. The molecule has 8 heteroatoms. The van der Waals surface area contributed by atoms with E-state index in [0.717, 1.165) is 0 Å². The lowest BCUT2D eigenvalue weighted by molar-refractivity contribution is -0.370. The van der Waals surface area contributed by atoms with E-state index in [4.69, 9.17) is 14.2 Å². The lowest BCUT2D eigenvalue weighted by atomic mass is 9.39. The molecule has 2 aliphatic carbocycles. The van der Waals surface area contributed by atoms with Crippen LogP contribution in [0.5, 0.6) is 0 Å². The average Bonchev–Trinajstić information content (AvgIpc) is 2.65. The van der Waals surface area contributed by atoms with Crippen LogP contribution in [0.3, 0.4) is 0 Å². The molecule has 0 aromatic heterocycles. The van der Waals surface area contributed by atoms with Crippen LogP contribution >= 0.6 is 0 Å². The van der Waals surface area contributed by atoms with Crippen molar-refractivity contribution < 1.29 is 38.8 Å². The number of aliphatic hydroxyl groups is 2. The minimum absolute atomic E-state index is 0.164. The maximum Gasteiger partial charge on any atom is 0.303 e. The molecule has 180 valence electrons. The third kappa shape index (κ3) is 3.10. The van der Waals surface area contributed by atoms with Crippen LogP contribution in [0.1, 0.15) is 67.7 Å². The molecule has 0 spiro atoms. The number of carbonyl (C=O) groups excluding carboxylic acids is 3. The molecule has 8 atom stereocenters. The van der Waals surface area contributed by atoms with Crippen molar-refractivity contribution in [3.63, 3.8) is 0 Å². The fraction of sp³-hybridized carbons (Fsp3) is 0.792. The topological polar surface area (TPSA) is 119 Å². The zero-order valence-corrected chi connectivity index (χ0v) is 20.1. The van der Waals surface area contributed by atoms with Gasteiger partial charge in [0.2, 0.25) is 0 Å². The first kappa shape index (κ1) is 24.9. The maximum absolute atomic E-state index is 13.8. The summed E-state index contributed by atoms with van der Waals surface area (Å²) in [6.07, 6.45) is -1.21. The molecule has 0 radical (unpaired) electrons. The molecule has 0 bridgehead atoms. The third-order valence-electron chi connectivity index (χ3n) is 8.31. The van der Waals surface area contributed by atoms with Gasteiger partial charge in [-0.3, -0.25) is 14.4 Å². The van der Waals surface area contributed by atoms with Gasteiger partial charge in [0.15, 0.2) is 11.4 Å². The molecule has 0 aromatic rings. The standard InChI is InChI=1S/C24H36O8/c1-9-21(6)12-15(27)24(29)22(7)16(30-13(2)25)10-11-20(4,5)18(22)17(31-14(3)26)19(28)23(24,8)32-21/h9,16-19,28-29H,1,10-12H2,2-8H3/t16-,17-,18-,19-,21-,22-,23+,24-/m0/s1. The molecular weight excluding hydrogens is 416 g/mol. The highest BCUT2D eigenvalue weighted by Gasteiger charge is 2.81. The minimum Gasteiger partial charge on any atom is -0.462 e. The van der Waals surface area contributed by atoms with Gasteiger partial charge in [0, 0.05) is 26.2 Å². The van der Waals surface area contributed by atoms with Gasteiger partial charge >= 0.3 is 11.9 Å². The van der Waals surface area contributed by atoms with Gasteiger partial charge in [-0.15, -0.1) is 6.58 Å². The van der Waals surface area contributed by atoms with Crippen molar-refractivity contribution in [1.82, 2.24) is 0 Å². The molecule has 8 nitrogen and oxygen atoms in total. The predicted molar refractivity (Wildman–Crippen MR) is 114 cm³/mol. The lowest BCUT2D eigenvalue weighted by Gasteiger charge is -2.71. The maximum atomic E-state index is 13.8. The largest absolute Gasteiger partial charge is 0.462 e. The Bertz CT molecular complexity index is 851. The number of rotatable bonds is 3. The van der Waals surface area contributed by atoms with Crippen LogP contribution in [0.4, 0.5) is 0 Å². The second-order valence-electron chi connectivity index (χ2n) is 10.9. The average molecular weight is 453 g/mol. The fourth-order valence-corrected chi connectivity index (χ4v) is 6.96. The third-order valence-corrected chi connectivity index (χ3v) is 8.31. The van der Waals surface area contributed by atoms with Crippen LogP contribution in [0.25, 0.3) is 0 Å². The molecule has 1 heterocycles. The molecule has 3 fully saturated rings. The summed E-state index contributed by atoms with van der Waals surface area (Å²) in [4.78, 5) is 37.9. The zero-order chi connectivity index (χ0) is 24.5. The van der Waals surface area contributed by atoms with E-state index in [2.05, 4.69) is 6.58 Å². The Labute approximate surface area is 189 Å². The molecule has 0 amide bonds. The van der Waals surface area contributed by atoms with Crippen molar-refractivity contribution in [2.24, 2.45) is 16.7 Å². The van der Waals surface area contributed by atoms with Gasteiger partial charge in [0.1, 0.15) is 23.9 Å².